The first-order valence-corrected chi connectivity index (χ1v) is 13.5. The first-order chi connectivity index (χ1) is 18.1. The van der Waals surface area contributed by atoms with Gasteiger partial charge in [0.2, 0.25) is 0 Å². The highest BCUT2D eigenvalue weighted by Crippen LogP contribution is 2.48. The van der Waals surface area contributed by atoms with Gasteiger partial charge in [-0.25, -0.2) is 9.18 Å². The lowest BCUT2D eigenvalue weighted by Gasteiger charge is -2.47. The maximum atomic E-state index is 14.0. The van der Waals surface area contributed by atoms with Crippen LogP contribution in [0.1, 0.15) is 62.6 Å². The molecule has 0 saturated carbocycles. The largest absolute Gasteiger partial charge is 0.497 e. The molecule has 3 rings (SSSR count). The molecule has 210 valence electrons. The molecule has 2 aromatic carbocycles. The minimum atomic E-state index is -0.678. The Balaban J connectivity index is 1.76. The smallest absolute Gasteiger partial charge is 0.332 e. The number of nitrogens with zero attached hydrogens (tertiary/aromatic N) is 1. The number of aryl methyl sites for hydroxylation is 2. The number of hydrogen-bond acceptors (Lipinski definition) is 6. The molecule has 0 bridgehead atoms. The molecule has 0 heterocycles. The summed E-state index contributed by atoms with van der Waals surface area (Å²) in [6.45, 7) is 7.20. The fourth-order valence-corrected chi connectivity index (χ4v) is 5.86. The van der Waals surface area contributed by atoms with Crippen LogP contribution in [0.5, 0.6) is 11.5 Å². The quantitative estimate of drug-likeness (QED) is 0.306. The van der Waals surface area contributed by atoms with Crippen LogP contribution in [0.25, 0.3) is 0 Å². The van der Waals surface area contributed by atoms with Crippen molar-refractivity contribution in [3.05, 3.63) is 58.9 Å². The highest BCUT2D eigenvalue weighted by Gasteiger charge is 2.47. The van der Waals surface area contributed by atoms with Crippen molar-refractivity contribution < 1.29 is 28.1 Å². The second-order valence-corrected chi connectivity index (χ2v) is 10.9. The van der Waals surface area contributed by atoms with Crippen LogP contribution in [0.15, 0.2) is 36.4 Å². The zero-order valence-corrected chi connectivity index (χ0v) is 24.0. The molecule has 2 aromatic rings. The Hall–Kier alpha value is -2.64. The van der Waals surface area contributed by atoms with Gasteiger partial charge >= 0.3 is 5.97 Å². The number of halogens is 1. The standard InChI is InChI=1S/C31H44FNO5/c1-21(2)30-28-11-10-25(32)18-24(28)12-13-31(30,38-29(34)20-35-5)14-15-33(4)22(3)8-9-23-16-26(36-6)19-27(17-23)37-7/h10-11,16-19,21-22,30H,8-9,12-15,20H2,1-7H3/t22-,30?,31-/m0/s1. The first-order valence-electron chi connectivity index (χ1n) is 13.5. The van der Waals surface area contributed by atoms with Crippen LogP contribution >= 0.6 is 0 Å². The maximum absolute atomic E-state index is 14.0. The Morgan fingerprint density at radius 2 is 1.76 bits per heavy atom. The van der Waals surface area contributed by atoms with Crippen molar-refractivity contribution in [1.82, 2.24) is 4.90 Å². The number of carbonyl (C=O) groups is 1. The van der Waals surface area contributed by atoms with Crippen LogP contribution in [-0.2, 0) is 27.1 Å². The fraction of sp³-hybridized carbons (Fsp3) is 0.581. The van der Waals surface area contributed by atoms with E-state index in [9.17, 15) is 9.18 Å². The van der Waals surface area contributed by atoms with Gasteiger partial charge in [-0.15, -0.1) is 0 Å². The van der Waals surface area contributed by atoms with Crippen LogP contribution < -0.4 is 9.47 Å². The van der Waals surface area contributed by atoms with Crippen molar-refractivity contribution in [1.29, 1.82) is 0 Å². The molecule has 1 aliphatic carbocycles. The number of rotatable bonds is 13. The van der Waals surface area contributed by atoms with Gasteiger partial charge < -0.3 is 23.8 Å². The average Bonchev–Trinajstić information content (AvgIpc) is 2.89. The third-order valence-corrected chi connectivity index (χ3v) is 7.97. The second-order valence-electron chi connectivity index (χ2n) is 10.9. The minimum Gasteiger partial charge on any atom is -0.497 e. The summed E-state index contributed by atoms with van der Waals surface area (Å²) < 4.78 is 36.2. The molecule has 0 spiro atoms. The lowest BCUT2D eigenvalue weighted by molar-refractivity contribution is -0.172. The molecular formula is C31H44FNO5. The highest BCUT2D eigenvalue weighted by molar-refractivity contribution is 5.71. The Morgan fingerprint density at radius 1 is 1.08 bits per heavy atom. The average molecular weight is 530 g/mol. The molecule has 38 heavy (non-hydrogen) atoms. The van der Waals surface area contributed by atoms with E-state index in [0.29, 0.717) is 25.3 Å². The molecule has 0 aromatic heterocycles. The summed E-state index contributed by atoms with van der Waals surface area (Å²) in [7, 11) is 6.95. The van der Waals surface area contributed by atoms with Gasteiger partial charge in [-0.3, -0.25) is 0 Å². The number of esters is 1. The molecule has 7 heteroatoms. The molecule has 0 aliphatic heterocycles. The number of carbonyl (C=O) groups excluding carboxylic acids is 1. The van der Waals surface area contributed by atoms with Crippen molar-refractivity contribution in [2.75, 3.05) is 41.5 Å². The molecule has 1 unspecified atom stereocenters. The van der Waals surface area contributed by atoms with Crippen LogP contribution in [0.2, 0.25) is 0 Å². The van der Waals surface area contributed by atoms with Gasteiger partial charge in [0, 0.05) is 38.1 Å². The summed E-state index contributed by atoms with van der Waals surface area (Å²) in [5.41, 5.74) is 2.59. The van der Waals surface area contributed by atoms with E-state index in [1.807, 2.05) is 12.1 Å². The van der Waals surface area contributed by atoms with Gasteiger partial charge in [0.05, 0.1) is 14.2 Å². The summed E-state index contributed by atoms with van der Waals surface area (Å²) in [5.74, 6) is 1.18. The Morgan fingerprint density at radius 3 is 2.37 bits per heavy atom. The number of hydrogen-bond donors (Lipinski definition) is 0. The summed E-state index contributed by atoms with van der Waals surface area (Å²) in [4.78, 5) is 15.1. The van der Waals surface area contributed by atoms with E-state index in [0.717, 1.165) is 42.0 Å². The lowest BCUT2D eigenvalue weighted by Crippen LogP contribution is -2.49. The normalized spacial score (nSPS) is 19.8. The maximum Gasteiger partial charge on any atom is 0.332 e. The molecule has 3 atom stereocenters. The van der Waals surface area contributed by atoms with E-state index in [2.05, 4.69) is 44.9 Å². The molecule has 6 nitrogen and oxygen atoms in total. The van der Waals surface area contributed by atoms with Crippen LogP contribution in [-0.4, -0.2) is 64.0 Å². The van der Waals surface area contributed by atoms with E-state index in [4.69, 9.17) is 18.9 Å². The van der Waals surface area contributed by atoms with Gasteiger partial charge in [0.1, 0.15) is 29.5 Å². The second kappa shape index (κ2) is 13.4. The Labute approximate surface area is 227 Å². The topological polar surface area (TPSA) is 57.2 Å². The van der Waals surface area contributed by atoms with Gasteiger partial charge in [-0.05, 0) is 86.5 Å². The lowest BCUT2D eigenvalue weighted by atomic mass is 9.65. The van der Waals surface area contributed by atoms with Crippen molar-refractivity contribution >= 4 is 5.97 Å². The zero-order chi connectivity index (χ0) is 27.9. The number of fused-ring (bicyclic) bond motifs is 1. The first kappa shape index (κ1) is 29.9. The molecule has 1 aliphatic rings. The molecule has 0 fully saturated rings. The van der Waals surface area contributed by atoms with Crippen molar-refractivity contribution in [2.45, 2.75) is 70.4 Å². The SMILES string of the molecule is COCC(=O)O[C@]1(CCN(C)[C@@H](C)CCc2cc(OC)cc(OC)c2)CCc2cc(F)ccc2C1C(C)C. The Bertz CT molecular complexity index is 1050. The summed E-state index contributed by atoms with van der Waals surface area (Å²) >= 11 is 0. The minimum absolute atomic E-state index is 0.0272. The van der Waals surface area contributed by atoms with E-state index in [-0.39, 0.29) is 30.2 Å². The number of methoxy groups -OCH3 is 3. The van der Waals surface area contributed by atoms with Crippen LogP contribution in [0, 0.1) is 11.7 Å². The third-order valence-electron chi connectivity index (χ3n) is 7.97. The predicted molar refractivity (Wildman–Crippen MR) is 148 cm³/mol. The summed E-state index contributed by atoms with van der Waals surface area (Å²) in [6, 6.07) is 11.3. The number of ether oxygens (including phenoxy) is 4. The van der Waals surface area contributed by atoms with Crippen LogP contribution in [0.3, 0.4) is 0 Å². The molecule has 0 amide bonds. The van der Waals surface area contributed by atoms with Crippen molar-refractivity contribution in [2.24, 2.45) is 5.92 Å². The zero-order valence-electron chi connectivity index (χ0n) is 24.0. The van der Waals surface area contributed by atoms with Crippen molar-refractivity contribution in [3.8, 4) is 11.5 Å². The predicted octanol–water partition coefficient (Wildman–Crippen LogP) is 5.80. The summed E-state index contributed by atoms with van der Waals surface area (Å²) in [6.07, 6.45) is 3.87. The fourth-order valence-electron chi connectivity index (χ4n) is 5.86. The Kier molecular flexibility index (Phi) is 10.6. The molecule has 0 radical (unpaired) electrons. The van der Waals surface area contributed by atoms with Crippen molar-refractivity contribution in [3.63, 3.8) is 0 Å². The van der Waals surface area contributed by atoms with E-state index < -0.39 is 5.60 Å². The monoisotopic (exact) mass is 529 g/mol. The summed E-state index contributed by atoms with van der Waals surface area (Å²) in [5, 5.41) is 0. The van der Waals surface area contributed by atoms with E-state index >= 15 is 0 Å². The molecule has 0 saturated heterocycles. The van der Waals surface area contributed by atoms with E-state index in [1.54, 1.807) is 20.3 Å². The van der Waals surface area contributed by atoms with Gasteiger partial charge in [-0.1, -0.05) is 19.9 Å². The van der Waals surface area contributed by atoms with Gasteiger partial charge in [-0.2, -0.15) is 0 Å². The molecule has 0 N–H and O–H groups in total. The van der Waals surface area contributed by atoms with Crippen LogP contribution in [0.4, 0.5) is 4.39 Å². The highest BCUT2D eigenvalue weighted by atomic mass is 19.1. The molecular weight excluding hydrogens is 485 g/mol. The van der Waals surface area contributed by atoms with E-state index in [1.165, 1.54) is 18.7 Å². The third kappa shape index (κ3) is 7.26. The number of benzene rings is 2. The van der Waals surface area contributed by atoms with Gasteiger partial charge in [0.25, 0.3) is 0 Å². The van der Waals surface area contributed by atoms with Gasteiger partial charge in [0.15, 0.2) is 0 Å².